The van der Waals surface area contributed by atoms with E-state index in [1.165, 1.54) is 89.6 Å². The van der Waals surface area contributed by atoms with Crippen molar-refractivity contribution >= 4 is 92.4 Å². The van der Waals surface area contributed by atoms with Crippen LogP contribution in [0, 0.1) is 0 Å². The number of hydrogen-bond acceptors (Lipinski definition) is 4. The lowest BCUT2D eigenvalue weighted by atomic mass is 9.37. The fourth-order valence-corrected chi connectivity index (χ4v) is 10.8. The summed E-state index contributed by atoms with van der Waals surface area (Å²) in [4.78, 5) is 10.4. The standard InChI is InChI=1S/C54H36B2N4/c1-5-21-37(22-6-1)57(38-23-7-2-8-24-38)53-49-41-29-13-17-33-45(41)59(39-25-9-3-10-26-39)55-43-31-15-19-35-47(43)58-48-36-20-16-32-44(48)56-52(54(58)51(49)55)50(53)42-30-14-18-34-46(42)60(56)40-27-11-4-12-28-40/h1-36H. The summed E-state index contributed by atoms with van der Waals surface area (Å²) in [5.74, 6) is 0. The van der Waals surface area contributed by atoms with Crippen molar-refractivity contribution in [3.05, 3.63) is 218 Å². The number of para-hydroxylation sites is 8. The van der Waals surface area contributed by atoms with E-state index in [1.807, 2.05) is 0 Å². The predicted molar refractivity (Wildman–Crippen MR) is 254 cm³/mol. The van der Waals surface area contributed by atoms with Crippen LogP contribution in [0.1, 0.15) is 0 Å². The number of benzene rings is 9. The van der Waals surface area contributed by atoms with Gasteiger partial charge in [0.15, 0.2) is 0 Å². The normalized spacial score (nSPS) is 13.5. The summed E-state index contributed by atoms with van der Waals surface area (Å²) in [6, 6.07) is 80.4. The molecule has 60 heavy (non-hydrogen) atoms. The summed E-state index contributed by atoms with van der Waals surface area (Å²) in [5.41, 5.74) is 22.1. The summed E-state index contributed by atoms with van der Waals surface area (Å²) in [6.45, 7) is -0.240. The minimum Gasteiger partial charge on any atom is -0.376 e. The summed E-state index contributed by atoms with van der Waals surface area (Å²) in [7, 11) is 0. The van der Waals surface area contributed by atoms with E-state index in [9.17, 15) is 0 Å². The lowest BCUT2D eigenvalue weighted by Gasteiger charge is -2.53. The molecule has 4 aliphatic heterocycles. The molecule has 0 atom stereocenters. The van der Waals surface area contributed by atoms with E-state index in [2.05, 4.69) is 238 Å². The van der Waals surface area contributed by atoms with Crippen molar-refractivity contribution < 1.29 is 0 Å². The number of nitrogens with zero attached hydrogens (tertiary/aromatic N) is 4. The highest BCUT2D eigenvalue weighted by Crippen LogP contribution is 2.57. The topological polar surface area (TPSA) is 13.0 Å². The third-order valence-corrected chi connectivity index (χ3v) is 12.9. The van der Waals surface area contributed by atoms with Crippen molar-refractivity contribution in [2.24, 2.45) is 0 Å². The first kappa shape index (κ1) is 33.3. The van der Waals surface area contributed by atoms with Crippen LogP contribution in [-0.4, -0.2) is 13.7 Å². The number of rotatable bonds is 5. The number of fused-ring (bicyclic) bond motifs is 10. The summed E-state index contributed by atoms with van der Waals surface area (Å²) < 4.78 is 0. The molecule has 9 aromatic rings. The largest absolute Gasteiger partial charge is 0.376 e. The van der Waals surface area contributed by atoms with Gasteiger partial charge in [-0.1, -0.05) is 146 Å². The van der Waals surface area contributed by atoms with E-state index >= 15 is 0 Å². The maximum absolute atomic E-state index is 2.61. The van der Waals surface area contributed by atoms with Crippen LogP contribution in [-0.2, 0) is 0 Å². The molecule has 0 N–H and O–H groups in total. The number of anilines is 10. The van der Waals surface area contributed by atoms with Crippen molar-refractivity contribution in [3.63, 3.8) is 0 Å². The van der Waals surface area contributed by atoms with Crippen LogP contribution >= 0.6 is 0 Å². The fraction of sp³-hybridized carbons (Fsp3) is 0. The Balaban J connectivity index is 1.29. The van der Waals surface area contributed by atoms with Gasteiger partial charge in [-0.15, -0.1) is 0 Å². The Bertz CT molecular complexity index is 2930. The molecular formula is C54H36B2N4. The predicted octanol–water partition coefficient (Wildman–Crippen LogP) is 11.1. The van der Waals surface area contributed by atoms with Gasteiger partial charge < -0.3 is 19.4 Å². The molecule has 0 amide bonds. The molecule has 0 bridgehead atoms. The van der Waals surface area contributed by atoms with Gasteiger partial charge in [-0.05, 0) is 94.6 Å². The molecule has 0 aliphatic carbocycles. The second-order valence-corrected chi connectivity index (χ2v) is 16.0. The fourth-order valence-electron chi connectivity index (χ4n) is 10.8. The Kier molecular flexibility index (Phi) is 7.16. The van der Waals surface area contributed by atoms with E-state index in [4.69, 9.17) is 0 Å². The van der Waals surface area contributed by atoms with E-state index in [-0.39, 0.29) is 13.7 Å². The molecular weight excluding hydrogens is 726 g/mol. The second-order valence-electron chi connectivity index (χ2n) is 16.0. The zero-order chi connectivity index (χ0) is 39.3. The van der Waals surface area contributed by atoms with Crippen LogP contribution in [0.15, 0.2) is 218 Å². The molecule has 0 aromatic heterocycles. The molecule has 4 heterocycles. The molecule has 278 valence electrons. The van der Waals surface area contributed by atoms with Crippen LogP contribution in [0.25, 0.3) is 22.3 Å². The second kappa shape index (κ2) is 12.9. The Hall–Kier alpha value is -7.69. The zero-order valence-electron chi connectivity index (χ0n) is 32.7. The third-order valence-electron chi connectivity index (χ3n) is 12.9. The molecule has 6 heteroatoms. The molecule has 0 saturated heterocycles. The first-order valence-electron chi connectivity index (χ1n) is 20.9. The van der Waals surface area contributed by atoms with E-state index < -0.39 is 0 Å². The van der Waals surface area contributed by atoms with Crippen LogP contribution in [0.3, 0.4) is 0 Å². The van der Waals surface area contributed by atoms with Crippen molar-refractivity contribution in [2.75, 3.05) is 19.4 Å². The summed E-state index contributed by atoms with van der Waals surface area (Å²) in [6.07, 6.45) is 0. The van der Waals surface area contributed by atoms with E-state index in [1.54, 1.807) is 0 Å². The minimum atomic E-state index is -0.120. The first-order chi connectivity index (χ1) is 29.9. The van der Waals surface area contributed by atoms with Gasteiger partial charge in [0.1, 0.15) is 0 Å². The average molecular weight is 763 g/mol. The van der Waals surface area contributed by atoms with E-state index in [0.717, 1.165) is 11.4 Å². The molecule has 0 spiro atoms. The van der Waals surface area contributed by atoms with Gasteiger partial charge in [0, 0.05) is 73.4 Å². The molecule has 0 saturated carbocycles. The van der Waals surface area contributed by atoms with Gasteiger partial charge in [-0.2, -0.15) is 0 Å². The molecule has 4 aliphatic rings. The Morgan fingerprint density at radius 1 is 0.333 bits per heavy atom. The summed E-state index contributed by atoms with van der Waals surface area (Å²) in [5, 5.41) is 0. The Morgan fingerprint density at radius 3 is 1.12 bits per heavy atom. The quantitative estimate of drug-likeness (QED) is 0.162. The number of hydrogen-bond donors (Lipinski definition) is 0. The van der Waals surface area contributed by atoms with Gasteiger partial charge in [0.25, 0.3) is 0 Å². The van der Waals surface area contributed by atoms with Gasteiger partial charge >= 0.3 is 13.7 Å². The third kappa shape index (κ3) is 4.53. The van der Waals surface area contributed by atoms with Crippen LogP contribution < -0.4 is 41.3 Å². The van der Waals surface area contributed by atoms with Crippen molar-refractivity contribution in [3.8, 4) is 22.3 Å². The monoisotopic (exact) mass is 762 g/mol. The molecule has 0 radical (unpaired) electrons. The highest BCUT2D eigenvalue weighted by atomic mass is 15.2. The average Bonchev–Trinajstić information content (AvgIpc) is 3.33. The maximum atomic E-state index is 2.61. The maximum Gasteiger partial charge on any atom is 0.333 e. The zero-order valence-corrected chi connectivity index (χ0v) is 32.7. The molecule has 13 rings (SSSR count). The molecule has 0 unspecified atom stereocenters. The minimum absolute atomic E-state index is 0.120. The SMILES string of the molecule is c1ccc(N2B3c4ccccc4N4c5ccccc5B5c6c(c(N(c7ccccc7)c7ccccc7)c(c3c64)-c3ccccc32)-c2ccccc2N5c2ccccc2)cc1. The Labute approximate surface area is 351 Å². The molecule has 9 aromatic carbocycles. The van der Waals surface area contributed by atoms with Crippen LogP contribution in [0.4, 0.5) is 56.9 Å². The Morgan fingerprint density at radius 2 is 0.683 bits per heavy atom. The molecule has 0 fully saturated rings. The van der Waals surface area contributed by atoms with Crippen molar-refractivity contribution in [2.45, 2.75) is 0 Å². The van der Waals surface area contributed by atoms with Crippen molar-refractivity contribution in [1.82, 2.24) is 0 Å². The van der Waals surface area contributed by atoms with Crippen molar-refractivity contribution in [1.29, 1.82) is 0 Å². The lowest BCUT2D eigenvalue weighted by Crippen LogP contribution is -2.69. The van der Waals surface area contributed by atoms with Gasteiger partial charge in [0.05, 0.1) is 5.69 Å². The highest BCUT2D eigenvalue weighted by Gasteiger charge is 2.54. The van der Waals surface area contributed by atoms with Crippen LogP contribution in [0.2, 0.25) is 0 Å². The smallest absolute Gasteiger partial charge is 0.333 e. The van der Waals surface area contributed by atoms with E-state index in [0.29, 0.717) is 0 Å². The lowest BCUT2D eigenvalue weighted by molar-refractivity contribution is 1.24. The van der Waals surface area contributed by atoms with Crippen LogP contribution in [0.5, 0.6) is 0 Å². The molecule has 4 nitrogen and oxygen atoms in total. The summed E-state index contributed by atoms with van der Waals surface area (Å²) >= 11 is 0. The highest BCUT2D eigenvalue weighted by molar-refractivity contribution is 6.99. The van der Waals surface area contributed by atoms with Gasteiger partial charge in [-0.3, -0.25) is 0 Å². The first-order valence-corrected chi connectivity index (χ1v) is 20.9. The van der Waals surface area contributed by atoms with Gasteiger partial charge in [0.2, 0.25) is 0 Å². The van der Waals surface area contributed by atoms with Gasteiger partial charge in [-0.25, -0.2) is 0 Å².